The summed E-state index contributed by atoms with van der Waals surface area (Å²) in [6, 6.07) is 0. The minimum Gasteiger partial charge on any atom is -0.310 e. The Morgan fingerprint density at radius 2 is 1.79 bits per heavy atom. The third-order valence-electron chi connectivity index (χ3n) is 4.95. The van der Waals surface area contributed by atoms with E-state index in [9.17, 15) is 0 Å². The zero-order chi connectivity index (χ0) is 14.3. The van der Waals surface area contributed by atoms with Gasteiger partial charge in [0.25, 0.3) is 0 Å². The third-order valence-corrected chi connectivity index (χ3v) is 4.95. The second-order valence-corrected chi connectivity index (χ2v) is 8.94. The van der Waals surface area contributed by atoms with Crippen molar-refractivity contribution >= 4 is 0 Å². The molecule has 2 rings (SSSR count). The van der Waals surface area contributed by atoms with Gasteiger partial charge in [0, 0.05) is 17.6 Å². The van der Waals surface area contributed by atoms with Gasteiger partial charge in [-0.05, 0) is 70.9 Å². The van der Waals surface area contributed by atoms with Gasteiger partial charge in [-0.15, -0.1) is 0 Å². The Hall–Kier alpha value is -0.0800. The molecule has 0 amide bonds. The molecule has 2 heteroatoms. The summed E-state index contributed by atoms with van der Waals surface area (Å²) in [5.41, 5.74) is 1.06. The fourth-order valence-corrected chi connectivity index (χ4v) is 4.10. The molecule has 1 saturated heterocycles. The molecule has 1 aliphatic heterocycles. The van der Waals surface area contributed by atoms with Crippen LogP contribution in [0.4, 0.5) is 0 Å². The lowest BCUT2D eigenvalue weighted by Crippen LogP contribution is -2.56. The van der Waals surface area contributed by atoms with E-state index >= 15 is 0 Å². The van der Waals surface area contributed by atoms with Crippen LogP contribution in [0, 0.1) is 11.3 Å². The highest BCUT2D eigenvalue weighted by molar-refractivity contribution is 5.03. The highest BCUT2D eigenvalue weighted by atomic mass is 15.2. The smallest absolute Gasteiger partial charge is 0.0308 e. The van der Waals surface area contributed by atoms with E-state index in [0.29, 0.717) is 16.5 Å². The summed E-state index contributed by atoms with van der Waals surface area (Å²) >= 11 is 0. The van der Waals surface area contributed by atoms with E-state index in [4.69, 9.17) is 0 Å². The maximum atomic E-state index is 3.84. The van der Waals surface area contributed by atoms with Crippen LogP contribution in [0.15, 0.2) is 0 Å². The average Bonchev–Trinajstić information content (AvgIpc) is 2.98. The number of hydrogen-bond donors (Lipinski definition) is 1. The van der Waals surface area contributed by atoms with Crippen LogP contribution in [0.1, 0.15) is 67.2 Å². The molecule has 2 fully saturated rings. The molecule has 0 aromatic carbocycles. The minimum absolute atomic E-state index is 0.306. The van der Waals surface area contributed by atoms with Crippen molar-refractivity contribution in [1.29, 1.82) is 0 Å². The van der Waals surface area contributed by atoms with Crippen molar-refractivity contribution in [3.05, 3.63) is 0 Å². The minimum atomic E-state index is 0.306. The van der Waals surface area contributed by atoms with Crippen LogP contribution in [-0.2, 0) is 0 Å². The van der Waals surface area contributed by atoms with Crippen molar-refractivity contribution in [2.45, 2.75) is 78.3 Å². The van der Waals surface area contributed by atoms with E-state index in [1.807, 2.05) is 0 Å². The zero-order valence-corrected chi connectivity index (χ0v) is 14.0. The fraction of sp³-hybridized carbons (Fsp3) is 1.00. The summed E-state index contributed by atoms with van der Waals surface area (Å²) in [6.07, 6.45) is 5.41. The van der Waals surface area contributed by atoms with Gasteiger partial charge in [0.15, 0.2) is 0 Å². The predicted molar refractivity (Wildman–Crippen MR) is 83.5 cm³/mol. The van der Waals surface area contributed by atoms with Crippen molar-refractivity contribution in [2.24, 2.45) is 11.3 Å². The van der Waals surface area contributed by atoms with Crippen LogP contribution in [-0.4, -0.2) is 35.6 Å². The molecule has 112 valence electrons. The number of nitrogens with one attached hydrogen (secondary N) is 1. The maximum Gasteiger partial charge on any atom is 0.0308 e. The second-order valence-electron chi connectivity index (χ2n) is 8.94. The van der Waals surface area contributed by atoms with Gasteiger partial charge in [-0.1, -0.05) is 20.8 Å². The summed E-state index contributed by atoms with van der Waals surface area (Å²) in [7, 11) is 0. The van der Waals surface area contributed by atoms with E-state index in [-0.39, 0.29) is 0 Å². The van der Waals surface area contributed by atoms with E-state index in [2.05, 4.69) is 51.8 Å². The van der Waals surface area contributed by atoms with Gasteiger partial charge in [-0.2, -0.15) is 0 Å². The molecule has 1 saturated carbocycles. The standard InChI is InChI=1S/C17H34N2/c1-15(2,3)12-16(4,5)19-11-7-10-18-17(6,13-19)14-8-9-14/h14,18H,7-13H2,1-6H3. The van der Waals surface area contributed by atoms with E-state index < -0.39 is 0 Å². The summed E-state index contributed by atoms with van der Waals surface area (Å²) in [6.45, 7) is 18.1. The number of rotatable bonds is 3. The molecule has 2 aliphatic rings. The molecule has 1 heterocycles. The van der Waals surface area contributed by atoms with Crippen LogP contribution in [0.2, 0.25) is 0 Å². The first-order chi connectivity index (χ1) is 8.62. The molecule has 0 bridgehead atoms. The van der Waals surface area contributed by atoms with Gasteiger partial charge in [0.1, 0.15) is 0 Å². The molecule has 1 atom stereocenters. The van der Waals surface area contributed by atoms with Crippen molar-refractivity contribution in [3.63, 3.8) is 0 Å². The summed E-state index contributed by atoms with van der Waals surface area (Å²) in [5, 5.41) is 3.84. The van der Waals surface area contributed by atoms with E-state index in [1.54, 1.807) is 0 Å². The Bertz CT molecular complexity index is 312. The average molecular weight is 266 g/mol. The Balaban J connectivity index is 2.09. The molecule has 19 heavy (non-hydrogen) atoms. The van der Waals surface area contributed by atoms with Gasteiger partial charge in [-0.3, -0.25) is 4.90 Å². The van der Waals surface area contributed by atoms with Gasteiger partial charge in [0.05, 0.1) is 0 Å². The molecule has 0 aromatic heterocycles. The van der Waals surface area contributed by atoms with Crippen LogP contribution < -0.4 is 5.32 Å². The largest absolute Gasteiger partial charge is 0.310 e. The molecule has 1 N–H and O–H groups in total. The SMILES string of the molecule is CC(C)(C)CC(C)(C)N1CCCNC(C)(C2CC2)C1. The second kappa shape index (κ2) is 5.04. The topological polar surface area (TPSA) is 15.3 Å². The van der Waals surface area contributed by atoms with Gasteiger partial charge in [-0.25, -0.2) is 0 Å². The monoisotopic (exact) mass is 266 g/mol. The van der Waals surface area contributed by atoms with Crippen molar-refractivity contribution < 1.29 is 0 Å². The maximum absolute atomic E-state index is 3.84. The summed E-state index contributed by atoms with van der Waals surface area (Å²) in [5.74, 6) is 0.915. The summed E-state index contributed by atoms with van der Waals surface area (Å²) < 4.78 is 0. The van der Waals surface area contributed by atoms with Crippen molar-refractivity contribution in [2.75, 3.05) is 19.6 Å². The van der Waals surface area contributed by atoms with Gasteiger partial charge in [0.2, 0.25) is 0 Å². The Labute approximate surface area is 120 Å². The molecule has 2 nitrogen and oxygen atoms in total. The van der Waals surface area contributed by atoms with Crippen molar-refractivity contribution in [3.8, 4) is 0 Å². The predicted octanol–water partition coefficient (Wildman–Crippen LogP) is 3.67. The number of nitrogens with zero attached hydrogens (tertiary/aromatic N) is 1. The lowest BCUT2D eigenvalue weighted by Gasteiger charge is -2.45. The van der Waals surface area contributed by atoms with Gasteiger partial charge < -0.3 is 5.32 Å². The third kappa shape index (κ3) is 3.95. The highest BCUT2D eigenvalue weighted by Gasteiger charge is 2.45. The zero-order valence-electron chi connectivity index (χ0n) is 14.0. The molecular weight excluding hydrogens is 232 g/mol. The van der Waals surface area contributed by atoms with E-state index in [0.717, 1.165) is 5.92 Å². The van der Waals surface area contributed by atoms with Crippen LogP contribution >= 0.6 is 0 Å². The molecule has 0 spiro atoms. The summed E-state index contributed by atoms with van der Waals surface area (Å²) in [4.78, 5) is 2.76. The lowest BCUT2D eigenvalue weighted by molar-refractivity contribution is 0.0572. The van der Waals surface area contributed by atoms with E-state index in [1.165, 1.54) is 45.3 Å². The fourth-order valence-electron chi connectivity index (χ4n) is 4.10. The number of hydrogen-bond acceptors (Lipinski definition) is 2. The molecule has 0 radical (unpaired) electrons. The van der Waals surface area contributed by atoms with Crippen molar-refractivity contribution in [1.82, 2.24) is 10.2 Å². The first-order valence-electron chi connectivity index (χ1n) is 8.13. The first kappa shape index (κ1) is 15.3. The van der Waals surface area contributed by atoms with Crippen LogP contribution in [0.3, 0.4) is 0 Å². The highest BCUT2D eigenvalue weighted by Crippen LogP contribution is 2.42. The van der Waals surface area contributed by atoms with Gasteiger partial charge >= 0.3 is 0 Å². The normalized spacial score (nSPS) is 31.3. The first-order valence-corrected chi connectivity index (χ1v) is 8.13. The Morgan fingerprint density at radius 1 is 1.16 bits per heavy atom. The molecule has 1 aliphatic carbocycles. The molecule has 0 aromatic rings. The van der Waals surface area contributed by atoms with Crippen LogP contribution in [0.25, 0.3) is 0 Å². The quantitative estimate of drug-likeness (QED) is 0.838. The Kier molecular flexibility index (Phi) is 4.06. The lowest BCUT2D eigenvalue weighted by atomic mass is 9.80. The molecular formula is C17H34N2. The molecule has 1 unspecified atom stereocenters. The Morgan fingerprint density at radius 3 is 2.32 bits per heavy atom. The van der Waals surface area contributed by atoms with Crippen LogP contribution in [0.5, 0.6) is 0 Å².